The number of carbonyl (C=O) groups is 2. The Hall–Kier alpha value is -1.91. The van der Waals surface area contributed by atoms with Gasteiger partial charge in [-0.2, -0.15) is 0 Å². The van der Waals surface area contributed by atoms with Crippen molar-refractivity contribution in [2.75, 3.05) is 13.1 Å². The van der Waals surface area contributed by atoms with Crippen LogP contribution in [0.5, 0.6) is 5.75 Å². The molecule has 0 spiro atoms. The van der Waals surface area contributed by atoms with Gasteiger partial charge in [-0.3, -0.25) is 0 Å². The molecule has 0 unspecified atom stereocenters. The van der Waals surface area contributed by atoms with Gasteiger partial charge in [0.25, 0.3) is 0 Å². The maximum Gasteiger partial charge on any atom is 0.461 e. The largest absolute Gasteiger partial charge is 0.461 e. The van der Waals surface area contributed by atoms with Gasteiger partial charge in [0.15, 0.2) is 0 Å². The molecule has 7 aliphatic rings. The summed E-state index contributed by atoms with van der Waals surface area (Å²) in [5, 5.41) is 0.185. The van der Waals surface area contributed by atoms with Gasteiger partial charge in [-0.1, -0.05) is 26.8 Å². The van der Waals surface area contributed by atoms with Crippen molar-refractivity contribution in [3.63, 3.8) is 0 Å². The van der Waals surface area contributed by atoms with E-state index in [1.807, 2.05) is 26.8 Å². The Morgan fingerprint density at radius 2 is 1.81 bits per heavy atom. The number of hydrogen-bond acceptors (Lipinski definition) is 8. The summed E-state index contributed by atoms with van der Waals surface area (Å²) in [6.45, 7) is 19.7. The minimum Gasteiger partial charge on any atom is -0.452 e. The number of thioether (sulfide) groups is 1. The van der Waals surface area contributed by atoms with E-state index in [0.29, 0.717) is 47.6 Å². The molecule has 1 aromatic carbocycles. The number of esters is 1. The molecule has 7 atom stereocenters. The average Bonchev–Trinajstić information content (AvgIpc) is 3.54. The smallest absolute Gasteiger partial charge is 0.452 e. The summed E-state index contributed by atoms with van der Waals surface area (Å²) in [6, 6.07) is 4.18. The van der Waals surface area contributed by atoms with Gasteiger partial charge in [0.05, 0.1) is 11.7 Å². The summed E-state index contributed by atoms with van der Waals surface area (Å²) in [5.74, 6) is 1.24. The summed E-state index contributed by atoms with van der Waals surface area (Å²) >= 11 is 1.65. The second kappa shape index (κ2) is 9.55. The molecule has 1 amide bonds. The molecule has 0 N–H and O–H groups in total. The Balaban J connectivity index is 1.07. The lowest BCUT2D eigenvalue weighted by Gasteiger charge is -2.64. The van der Waals surface area contributed by atoms with Gasteiger partial charge in [-0.15, -0.1) is 11.8 Å². The summed E-state index contributed by atoms with van der Waals surface area (Å²) in [7, 11) is -0.227. The molecule has 8 rings (SSSR count). The number of fused-ring (bicyclic) bond motifs is 1. The maximum atomic E-state index is 13.4. The molecule has 43 heavy (non-hydrogen) atoms. The molecule has 0 aromatic heterocycles. The van der Waals surface area contributed by atoms with Gasteiger partial charge in [0.2, 0.25) is 5.79 Å². The number of cyclic esters (lactones) is 1. The number of hydrogen-bond donors (Lipinski definition) is 0. The van der Waals surface area contributed by atoms with Crippen LogP contribution in [0, 0.1) is 23.2 Å². The third kappa shape index (κ3) is 4.89. The quantitative estimate of drug-likeness (QED) is 0.202. The topological polar surface area (TPSA) is 83.5 Å². The van der Waals surface area contributed by atoms with E-state index in [9.17, 15) is 9.59 Å². The molecule has 2 bridgehead atoms. The van der Waals surface area contributed by atoms with Crippen LogP contribution in [0.4, 0.5) is 4.79 Å². The molecule has 4 aliphatic carbocycles. The second-order valence-corrected chi connectivity index (χ2v) is 17.5. The van der Waals surface area contributed by atoms with Crippen molar-refractivity contribution in [3.05, 3.63) is 23.3 Å². The highest BCUT2D eigenvalue weighted by Gasteiger charge is 2.70. The average molecular weight is 612 g/mol. The minimum absolute atomic E-state index is 0.160. The number of ether oxygens (including phenoxy) is 3. The van der Waals surface area contributed by atoms with Crippen LogP contribution in [0.25, 0.3) is 0 Å². The summed E-state index contributed by atoms with van der Waals surface area (Å²) in [6.07, 6.45) is 3.15. The monoisotopic (exact) mass is 611 g/mol. The minimum atomic E-state index is -1.05. The van der Waals surface area contributed by atoms with E-state index >= 15 is 0 Å². The van der Waals surface area contributed by atoms with Crippen LogP contribution in [0.1, 0.15) is 103 Å². The zero-order valence-corrected chi connectivity index (χ0v) is 27.8. The molecule has 10 heteroatoms. The van der Waals surface area contributed by atoms with Crippen molar-refractivity contribution in [1.82, 2.24) is 4.90 Å². The molecule has 4 saturated carbocycles. The molecular weight excluding hydrogens is 565 g/mol. The molecule has 0 radical (unpaired) electrons. The first-order chi connectivity index (χ1) is 20.0. The van der Waals surface area contributed by atoms with Crippen LogP contribution >= 0.6 is 11.8 Å². The Morgan fingerprint density at radius 3 is 2.49 bits per heavy atom. The normalized spacial score (nSPS) is 35.9. The van der Waals surface area contributed by atoms with Crippen molar-refractivity contribution >= 4 is 30.9 Å². The molecule has 2 saturated heterocycles. The van der Waals surface area contributed by atoms with E-state index < -0.39 is 11.4 Å². The predicted molar refractivity (Wildman–Crippen MR) is 164 cm³/mol. The lowest BCUT2D eigenvalue weighted by molar-refractivity contribution is -0.199. The van der Waals surface area contributed by atoms with Gasteiger partial charge in [0.1, 0.15) is 16.9 Å². The van der Waals surface area contributed by atoms with E-state index in [0.717, 1.165) is 23.3 Å². The number of benzene rings is 1. The van der Waals surface area contributed by atoms with Crippen LogP contribution in [0.2, 0.25) is 5.82 Å². The predicted octanol–water partition coefficient (Wildman–Crippen LogP) is 6.91. The van der Waals surface area contributed by atoms with Crippen LogP contribution in [0.15, 0.2) is 17.0 Å². The Labute approximate surface area is 260 Å². The van der Waals surface area contributed by atoms with E-state index in [2.05, 4.69) is 33.8 Å². The van der Waals surface area contributed by atoms with Gasteiger partial charge in [0, 0.05) is 48.8 Å². The second-order valence-electron chi connectivity index (χ2n) is 16.1. The highest BCUT2D eigenvalue weighted by Crippen LogP contribution is 2.68. The third-order valence-corrected chi connectivity index (χ3v) is 12.5. The summed E-state index contributed by atoms with van der Waals surface area (Å²) < 4.78 is 31.1. The fourth-order valence-electron chi connectivity index (χ4n) is 8.35. The number of carbonyl (C=O) groups excluding carboxylic acids is 2. The molecule has 1 aromatic rings. The molecule has 6 fully saturated rings. The first kappa shape index (κ1) is 29.8. The number of amides is 1. The van der Waals surface area contributed by atoms with Gasteiger partial charge >= 0.3 is 19.2 Å². The van der Waals surface area contributed by atoms with Crippen LogP contribution in [-0.4, -0.2) is 65.5 Å². The van der Waals surface area contributed by atoms with Gasteiger partial charge in [-0.05, 0) is 81.8 Å². The van der Waals surface area contributed by atoms with Crippen LogP contribution < -0.4 is 4.74 Å². The molecule has 234 valence electrons. The van der Waals surface area contributed by atoms with Crippen molar-refractivity contribution in [2.45, 2.75) is 127 Å². The molecule has 3 heterocycles. The summed E-state index contributed by atoms with van der Waals surface area (Å²) in [5.41, 5.74) is 1.12. The Kier molecular flexibility index (Phi) is 6.62. The van der Waals surface area contributed by atoms with Crippen molar-refractivity contribution in [3.8, 4) is 5.75 Å². The number of nitrogens with zero attached hydrogens (tertiary/aromatic N) is 1. The van der Waals surface area contributed by atoms with E-state index in [-0.39, 0.29) is 47.9 Å². The van der Waals surface area contributed by atoms with Gasteiger partial charge < -0.3 is 28.4 Å². The molecular formula is C33H46BNO7S. The SMILES string of the molecule is C[C@@H](Sc1ccc([C@H]2C[C@H]2B2O[C@H]3C[C@H]4C[C@H](C4(C)C)[C@]3(C)O2)c2c1C(=O)OC(C)(C)O2)C1CN(C(=O)OC(C)(C)C)C1. The number of likely N-dealkylation sites (tertiary alicyclic amines) is 1. The van der Waals surface area contributed by atoms with E-state index in [1.165, 1.54) is 6.42 Å². The van der Waals surface area contributed by atoms with E-state index in [4.69, 9.17) is 23.5 Å². The maximum absolute atomic E-state index is 13.4. The van der Waals surface area contributed by atoms with E-state index in [1.54, 1.807) is 30.5 Å². The lowest BCUT2D eigenvalue weighted by atomic mass is 9.43. The Bertz CT molecular complexity index is 1350. The third-order valence-electron chi connectivity index (χ3n) is 11.1. The zero-order chi connectivity index (χ0) is 30.9. The highest BCUT2D eigenvalue weighted by atomic mass is 32.2. The Morgan fingerprint density at radius 1 is 1.09 bits per heavy atom. The van der Waals surface area contributed by atoms with Crippen LogP contribution in [0.3, 0.4) is 0 Å². The van der Waals surface area contributed by atoms with Crippen molar-refractivity contribution in [1.29, 1.82) is 0 Å². The fourth-order valence-corrected chi connectivity index (χ4v) is 9.56. The molecule has 3 aliphatic heterocycles. The highest BCUT2D eigenvalue weighted by molar-refractivity contribution is 8.00. The van der Waals surface area contributed by atoms with Crippen molar-refractivity contribution in [2.24, 2.45) is 23.2 Å². The first-order valence-electron chi connectivity index (χ1n) is 16.0. The fraction of sp³-hybridized carbons (Fsp3) is 0.758. The van der Waals surface area contributed by atoms with Gasteiger partial charge in [-0.25, -0.2) is 9.59 Å². The van der Waals surface area contributed by atoms with Crippen LogP contribution in [-0.2, 0) is 18.8 Å². The first-order valence-corrected chi connectivity index (χ1v) is 16.9. The standard InChI is InChI=1S/C33H46BNO7S/c1-17(18-15-35(16-18)29(37)40-30(2,3)4)43-23-11-10-20(27-26(23)28(36)39-32(7,8)38-27)21-14-22(21)34-41-25-13-19-12-24(31(19,5)6)33(25,9)42-34/h10-11,17-19,21-22,24-25H,12-16H2,1-9H3/t17-,19-,21-,22-,24-,25+,33+/m1/s1. The lowest BCUT2D eigenvalue weighted by Crippen LogP contribution is -2.65. The number of rotatable bonds is 5. The van der Waals surface area contributed by atoms with Crippen molar-refractivity contribution < 1.29 is 33.1 Å². The molecule has 8 nitrogen and oxygen atoms in total. The summed E-state index contributed by atoms with van der Waals surface area (Å²) in [4.78, 5) is 28.5. The zero-order valence-electron chi connectivity index (χ0n) is 27.0.